The van der Waals surface area contributed by atoms with Gasteiger partial charge in [0.15, 0.2) is 5.78 Å². The molecule has 1 aliphatic rings. The Labute approximate surface area is 111 Å². The Morgan fingerprint density at radius 3 is 2.63 bits per heavy atom. The predicted molar refractivity (Wildman–Crippen MR) is 72.4 cm³/mol. The molecule has 2 heterocycles. The average molecular weight is 256 g/mol. The van der Waals surface area contributed by atoms with Crippen molar-refractivity contribution in [2.75, 3.05) is 0 Å². The molecule has 0 radical (unpaired) electrons. The molecule has 0 unspecified atom stereocenters. The van der Waals surface area contributed by atoms with Gasteiger partial charge in [-0.2, -0.15) is 0 Å². The Bertz CT molecular complexity index is 653. The summed E-state index contributed by atoms with van der Waals surface area (Å²) < 4.78 is 3.26. The summed E-state index contributed by atoms with van der Waals surface area (Å²) in [6, 6.07) is 9.82. The summed E-state index contributed by atoms with van der Waals surface area (Å²) in [5.74, 6) is 0.0846. The van der Waals surface area contributed by atoms with Crippen LogP contribution in [0.15, 0.2) is 41.3 Å². The second kappa shape index (κ2) is 4.88. The van der Waals surface area contributed by atoms with Crippen molar-refractivity contribution in [3.8, 4) is 0 Å². The van der Waals surface area contributed by atoms with Gasteiger partial charge in [-0.3, -0.25) is 13.9 Å². The van der Waals surface area contributed by atoms with Gasteiger partial charge in [0, 0.05) is 19.2 Å². The minimum absolute atomic E-state index is 0.0749. The standard InChI is InChI=1S/C15H16N2O2/c18-14-8-4-5-9-17-13(14)11-16(15(17)19)10-12-6-2-1-3-7-12/h1-3,6-7,11H,4-5,8-10H2. The Morgan fingerprint density at radius 1 is 1.05 bits per heavy atom. The highest BCUT2D eigenvalue weighted by Crippen LogP contribution is 2.13. The normalized spacial score (nSPS) is 15.1. The molecule has 1 aromatic heterocycles. The summed E-state index contributed by atoms with van der Waals surface area (Å²) in [5.41, 5.74) is 1.56. The Balaban J connectivity index is 1.98. The Kier molecular flexibility index (Phi) is 3.07. The third kappa shape index (κ3) is 2.26. The molecule has 0 bridgehead atoms. The van der Waals surface area contributed by atoms with Gasteiger partial charge in [0.1, 0.15) is 5.69 Å². The van der Waals surface area contributed by atoms with E-state index in [1.165, 1.54) is 0 Å². The molecule has 0 N–H and O–H groups in total. The monoisotopic (exact) mass is 256 g/mol. The lowest BCUT2D eigenvalue weighted by atomic mass is 10.2. The first-order valence-electron chi connectivity index (χ1n) is 6.63. The van der Waals surface area contributed by atoms with Crippen LogP contribution in [0.5, 0.6) is 0 Å². The van der Waals surface area contributed by atoms with Gasteiger partial charge in [-0.1, -0.05) is 30.3 Å². The van der Waals surface area contributed by atoms with Crippen molar-refractivity contribution in [3.63, 3.8) is 0 Å². The number of fused-ring (bicyclic) bond motifs is 1. The van der Waals surface area contributed by atoms with Crippen LogP contribution in [0.1, 0.15) is 35.3 Å². The summed E-state index contributed by atoms with van der Waals surface area (Å²) in [5, 5.41) is 0. The molecule has 98 valence electrons. The molecule has 0 fully saturated rings. The van der Waals surface area contributed by atoms with E-state index in [2.05, 4.69) is 0 Å². The number of imidazole rings is 1. The van der Waals surface area contributed by atoms with E-state index >= 15 is 0 Å². The second-order valence-corrected chi connectivity index (χ2v) is 4.94. The zero-order valence-electron chi connectivity index (χ0n) is 10.7. The number of aromatic nitrogens is 2. The molecule has 0 saturated heterocycles. The van der Waals surface area contributed by atoms with Crippen LogP contribution in [0, 0.1) is 0 Å². The van der Waals surface area contributed by atoms with Crippen LogP contribution < -0.4 is 5.69 Å². The summed E-state index contributed by atoms with van der Waals surface area (Å²) in [6.07, 6.45) is 4.03. The highest BCUT2D eigenvalue weighted by Gasteiger charge is 2.19. The number of nitrogens with zero attached hydrogens (tertiary/aromatic N) is 2. The van der Waals surface area contributed by atoms with Crippen molar-refractivity contribution >= 4 is 5.78 Å². The molecular formula is C15H16N2O2. The zero-order chi connectivity index (χ0) is 13.2. The molecule has 1 aromatic carbocycles. The number of carbonyl (C=O) groups excluding carboxylic acids is 1. The minimum atomic E-state index is -0.0749. The molecule has 0 saturated carbocycles. The number of hydrogen-bond donors (Lipinski definition) is 0. The minimum Gasteiger partial charge on any atom is -0.294 e. The lowest BCUT2D eigenvalue weighted by Crippen LogP contribution is -2.25. The average Bonchev–Trinajstić information content (AvgIpc) is 2.62. The fraction of sp³-hybridized carbons (Fsp3) is 0.333. The number of hydrogen-bond acceptors (Lipinski definition) is 2. The lowest BCUT2D eigenvalue weighted by Gasteiger charge is -2.01. The van der Waals surface area contributed by atoms with E-state index in [1.807, 2.05) is 30.3 Å². The van der Waals surface area contributed by atoms with E-state index in [4.69, 9.17) is 0 Å². The molecule has 0 atom stereocenters. The molecule has 2 aromatic rings. The van der Waals surface area contributed by atoms with Crippen LogP contribution in [0.3, 0.4) is 0 Å². The SMILES string of the molecule is O=C1CCCCn2c1cn(Cc1ccccc1)c2=O. The van der Waals surface area contributed by atoms with Gasteiger partial charge in [-0.15, -0.1) is 0 Å². The zero-order valence-corrected chi connectivity index (χ0v) is 10.7. The van der Waals surface area contributed by atoms with Gasteiger partial charge in [0.05, 0.1) is 6.54 Å². The van der Waals surface area contributed by atoms with Crippen molar-refractivity contribution in [3.05, 3.63) is 58.3 Å². The van der Waals surface area contributed by atoms with E-state index in [-0.39, 0.29) is 11.5 Å². The maximum absolute atomic E-state index is 12.3. The summed E-state index contributed by atoms with van der Waals surface area (Å²) in [4.78, 5) is 24.2. The van der Waals surface area contributed by atoms with Crippen LogP contribution in [-0.2, 0) is 13.1 Å². The second-order valence-electron chi connectivity index (χ2n) is 4.94. The first-order chi connectivity index (χ1) is 9.25. The molecule has 0 spiro atoms. The lowest BCUT2D eigenvalue weighted by molar-refractivity contribution is 0.0977. The first kappa shape index (κ1) is 12.0. The quantitative estimate of drug-likeness (QED) is 0.825. The number of carbonyl (C=O) groups is 1. The Hall–Kier alpha value is -2.10. The summed E-state index contributed by atoms with van der Waals surface area (Å²) in [6.45, 7) is 1.18. The molecule has 0 amide bonds. The maximum Gasteiger partial charge on any atom is 0.329 e. The maximum atomic E-state index is 12.3. The third-order valence-electron chi connectivity index (χ3n) is 3.56. The van der Waals surface area contributed by atoms with Gasteiger partial charge in [0.2, 0.25) is 0 Å². The van der Waals surface area contributed by atoms with E-state index in [0.717, 1.165) is 18.4 Å². The van der Waals surface area contributed by atoms with Crippen molar-refractivity contribution in [1.82, 2.24) is 9.13 Å². The fourth-order valence-corrected chi connectivity index (χ4v) is 2.55. The van der Waals surface area contributed by atoms with Crippen molar-refractivity contribution in [2.24, 2.45) is 0 Å². The molecule has 1 aliphatic heterocycles. The van der Waals surface area contributed by atoms with Gasteiger partial charge in [-0.25, -0.2) is 4.79 Å². The van der Waals surface area contributed by atoms with Crippen LogP contribution >= 0.6 is 0 Å². The topological polar surface area (TPSA) is 44.0 Å². The van der Waals surface area contributed by atoms with Gasteiger partial charge < -0.3 is 0 Å². The van der Waals surface area contributed by atoms with Gasteiger partial charge in [-0.05, 0) is 18.4 Å². The van der Waals surface area contributed by atoms with Crippen molar-refractivity contribution in [2.45, 2.75) is 32.4 Å². The number of benzene rings is 1. The molecular weight excluding hydrogens is 240 g/mol. The van der Waals surface area contributed by atoms with Gasteiger partial charge in [0.25, 0.3) is 0 Å². The third-order valence-corrected chi connectivity index (χ3v) is 3.56. The first-order valence-corrected chi connectivity index (χ1v) is 6.63. The van der Waals surface area contributed by atoms with Crippen LogP contribution in [0.2, 0.25) is 0 Å². The molecule has 3 rings (SSSR count). The van der Waals surface area contributed by atoms with Crippen LogP contribution in [-0.4, -0.2) is 14.9 Å². The smallest absolute Gasteiger partial charge is 0.294 e. The largest absolute Gasteiger partial charge is 0.329 e. The number of ketones is 1. The van der Waals surface area contributed by atoms with E-state index in [1.54, 1.807) is 15.3 Å². The van der Waals surface area contributed by atoms with Crippen molar-refractivity contribution in [1.29, 1.82) is 0 Å². The van der Waals surface area contributed by atoms with E-state index in [9.17, 15) is 9.59 Å². The highest BCUT2D eigenvalue weighted by atomic mass is 16.2. The van der Waals surface area contributed by atoms with Gasteiger partial charge >= 0.3 is 5.69 Å². The molecule has 0 aliphatic carbocycles. The highest BCUT2D eigenvalue weighted by molar-refractivity contribution is 5.94. The van der Waals surface area contributed by atoms with E-state index < -0.39 is 0 Å². The predicted octanol–water partition coefficient (Wildman–Crippen LogP) is 2.06. The van der Waals surface area contributed by atoms with E-state index in [0.29, 0.717) is 25.2 Å². The van der Waals surface area contributed by atoms with Crippen LogP contribution in [0.25, 0.3) is 0 Å². The summed E-state index contributed by atoms with van der Waals surface area (Å²) >= 11 is 0. The molecule has 4 heteroatoms. The number of rotatable bonds is 2. The number of Topliss-reactive ketones (excluding diaryl/α,β-unsaturated/α-hetero) is 1. The Morgan fingerprint density at radius 2 is 1.84 bits per heavy atom. The van der Waals surface area contributed by atoms with Crippen molar-refractivity contribution < 1.29 is 4.79 Å². The molecule has 4 nitrogen and oxygen atoms in total. The molecule has 19 heavy (non-hydrogen) atoms. The van der Waals surface area contributed by atoms with Crippen LogP contribution in [0.4, 0.5) is 0 Å². The fourth-order valence-electron chi connectivity index (χ4n) is 2.55. The summed E-state index contributed by atoms with van der Waals surface area (Å²) in [7, 11) is 0.